The second-order valence-electron chi connectivity index (χ2n) is 6.22. The van der Waals surface area contributed by atoms with E-state index in [2.05, 4.69) is 29.2 Å². The van der Waals surface area contributed by atoms with E-state index < -0.39 is 0 Å². The van der Waals surface area contributed by atoms with Gasteiger partial charge in [-0.25, -0.2) is 0 Å². The minimum atomic E-state index is 0.163. The van der Waals surface area contributed by atoms with Crippen molar-refractivity contribution in [1.29, 1.82) is 0 Å². The standard InChI is InChI=1S/C21H20N2O2/c1-2-21(24)23-11-12-25-20-9-8-15(13-16(20)14-23)17-5-3-7-19-18(17)6-4-10-22-19/h3-10,13H,2,11-12,14H2,1H3. The third-order valence-electron chi connectivity index (χ3n) is 4.65. The Kier molecular flexibility index (Phi) is 4.10. The summed E-state index contributed by atoms with van der Waals surface area (Å²) in [5.74, 6) is 1.03. The molecule has 4 nitrogen and oxygen atoms in total. The first-order chi connectivity index (χ1) is 12.3. The Balaban J connectivity index is 1.78. The number of aromatic nitrogens is 1. The second-order valence-corrected chi connectivity index (χ2v) is 6.22. The van der Waals surface area contributed by atoms with Gasteiger partial charge in [-0.05, 0) is 35.4 Å². The third-order valence-corrected chi connectivity index (χ3v) is 4.65. The summed E-state index contributed by atoms with van der Waals surface area (Å²) in [4.78, 5) is 18.4. The Morgan fingerprint density at radius 1 is 1.20 bits per heavy atom. The SMILES string of the molecule is CCC(=O)N1CCOc2ccc(-c3cccc4ncccc34)cc2C1. The van der Waals surface area contributed by atoms with Crippen LogP contribution < -0.4 is 4.74 Å². The first kappa shape index (κ1) is 15.6. The van der Waals surface area contributed by atoms with E-state index in [0.717, 1.165) is 33.3 Å². The van der Waals surface area contributed by atoms with Crippen LogP contribution in [0.4, 0.5) is 0 Å². The van der Waals surface area contributed by atoms with E-state index in [1.807, 2.05) is 42.3 Å². The van der Waals surface area contributed by atoms with Gasteiger partial charge in [0, 0.05) is 30.1 Å². The van der Waals surface area contributed by atoms with Crippen molar-refractivity contribution in [2.24, 2.45) is 0 Å². The van der Waals surface area contributed by atoms with Crippen LogP contribution in [0.25, 0.3) is 22.0 Å². The normalized spacial score (nSPS) is 13.9. The van der Waals surface area contributed by atoms with E-state index in [0.29, 0.717) is 26.1 Å². The van der Waals surface area contributed by atoms with Gasteiger partial charge in [0.25, 0.3) is 0 Å². The lowest BCUT2D eigenvalue weighted by Gasteiger charge is -2.19. The molecule has 2 aromatic carbocycles. The number of carbonyl (C=O) groups is 1. The van der Waals surface area contributed by atoms with Gasteiger partial charge in [0.05, 0.1) is 12.1 Å². The molecule has 126 valence electrons. The molecule has 1 aliphatic rings. The van der Waals surface area contributed by atoms with Crippen LogP contribution in [0, 0.1) is 0 Å². The molecular formula is C21H20N2O2. The summed E-state index contributed by atoms with van der Waals surface area (Å²) in [5, 5.41) is 1.13. The van der Waals surface area contributed by atoms with Gasteiger partial charge in [0.2, 0.25) is 5.91 Å². The van der Waals surface area contributed by atoms with E-state index >= 15 is 0 Å². The number of pyridine rings is 1. The summed E-state index contributed by atoms with van der Waals surface area (Å²) < 4.78 is 5.85. The van der Waals surface area contributed by atoms with Crippen LogP contribution >= 0.6 is 0 Å². The number of nitrogens with zero attached hydrogens (tertiary/aromatic N) is 2. The lowest BCUT2D eigenvalue weighted by atomic mass is 9.98. The molecule has 1 amide bonds. The van der Waals surface area contributed by atoms with E-state index in [1.165, 1.54) is 0 Å². The number of carbonyl (C=O) groups excluding carboxylic acids is 1. The Bertz CT molecular complexity index is 931. The number of rotatable bonds is 2. The molecular weight excluding hydrogens is 312 g/mol. The molecule has 0 saturated heterocycles. The lowest BCUT2D eigenvalue weighted by molar-refractivity contribution is -0.131. The van der Waals surface area contributed by atoms with E-state index in [1.54, 1.807) is 0 Å². The maximum Gasteiger partial charge on any atom is 0.222 e. The van der Waals surface area contributed by atoms with E-state index in [-0.39, 0.29) is 5.91 Å². The minimum absolute atomic E-state index is 0.163. The summed E-state index contributed by atoms with van der Waals surface area (Å²) in [6, 6.07) is 16.4. The first-order valence-corrected chi connectivity index (χ1v) is 8.64. The molecule has 0 atom stereocenters. The highest BCUT2D eigenvalue weighted by Crippen LogP contribution is 2.32. The van der Waals surface area contributed by atoms with Crippen molar-refractivity contribution in [2.75, 3.05) is 13.2 Å². The number of hydrogen-bond acceptors (Lipinski definition) is 3. The van der Waals surface area contributed by atoms with Crippen molar-refractivity contribution < 1.29 is 9.53 Å². The van der Waals surface area contributed by atoms with Crippen LogP contribution in [0.3, 0.4) is 0 Å². The fraction of sp³-hybridized carbons (Fsp3) is 0.238. The molecule has 0 fully saturated rings. The van der Waals surface area contributed by atoms with Crippen LogP contribution in [0.5, 0.6) is 5.75 Å². The molecule has 0 spiro atoms. The second kappa shape index (κ2) is 6.55. The fourth-order valence-electron chi connectivity index (χ4n) is 3.35. The third kappa shape index (κ3) is 2.95. The summed E-state index contributed by atoms with van der Waals surface area (Å²) >= 11 is 0. The maximum atomic E-state index is 12.1. The Morgan fingerprint density at radius 3 is 3.00 bits per heavy atom. The number of fused-ring (bicyclic) bond motifs is 2. The van der Waals surface area contributed by atoms with Crippen molar-refractivity contribution in [3.8, 4) is 16.9 Å². The molecule has 1 aliphatic heterocycles. The number of hydrogen-bond donors (Lipinski definition) is 0. The average Bonchev–Trinajstić information content (AvgIpc) is 2.88. The molecule has 25 heavy (non-hydrogen) atoms. The van der Waals surface area contributed by atoms with Gasteiger partial charge in [-0.2, -0.15) is 0 Å². The number of ether oxygens (including phenoxy) is 1. The summed E-state index contributed by atoms with van der Waals surface area (Å²) in [7, 11) is 0. The van der Waals surface area contributed by atoms with E-state index in [9.17, 15) is 4.79 Å². The Labute approximate surface area is 147 Å². The highest BCUT2D eigenvalue weighted by Gasteiger charge is 2.19. The number of benzene rings is 2. The molecule has 4 rings (SSSR count). The average molecular weight is 332 g/mol. The van der Waals surface area contributed by atoms with Crippen molar-refractivity contribution in [3.05, 3.63) is 60.3 Å². The zero-order chi connectivity index (χ0) is 17.2. The zero-order valence-corrected chi connectivity index (χ0v) is 14.2. The molecule has 0 radical (unpaired) electrons. The van der Waals surface area contributed by atoms with Gasteiger partial charge in [0.15, 0.2) is 0 Å². The predicted octanol–water partition coefficient (Wildman–Crippen LogP) is 4.03. The highest BCUT2D eigenvalue weighted by atomic mass is 16.5. The Hall–Kier alpha value is -2.88. The molecule has 0 aliphatic carbocycles. The molecule has 3 aromatic rings. The molecule has 4 heteroatoms. The van der Waals surface area contributed by atoms with Gasteiger partial charge >= 0.3 is 0 Å². The highest BCUT2D eigenvalue weighted by molar-refractivity contribution is 5.94. The van der Waals surface area contributed by atoms with Crippen molar-refractivity contribution in [2.45, 2.75) is 19.9 Å². The van der Waals surface area contributed by atoms with Crippen molar-refractivity contribution in [1.82, 2.24) is 9.88 Å². The molecule has 2 heterocycles. The van der Waals surface area contributed by atoms with Gasteiger partial charge < -0.3 is 9.64 Å². The molecule has 0 bridgehead atoms. The zero-order valence-electron chi connectivity index (χ0n) is 14.2. The molecule has 0 unspecified atom stereocenters. The topological polar surface area (TPSA) is 42.4 Å². The van der Waals surface area contributed by atoms with Crippen LogP contribution in [-0.4, -0.2) is 28.9 Å². The predicted molar refractivity (Wildman–Crippen MR) is 98.4 cm³/mol. The van der Waals surface area contributed by atoms with Crippen LogP contribution in [0.1, 0.15) is 18.9 Å². The van der Waals surface area contributed by atoms with Crippen LogP contribution in [-0.2, 0) is 11.3 Å². The summed E-state index contributed by atoms with van der Waals surface area (Å²) in [6.07, 6.45) is 2.33. The van der Waals surface area contributed by atoms with Crippen LogP contribution in [0.2, 0.25) is 0 Å². The minimum Gasteiger partial charge on any atom is -0.491 e. The molecule has 0 saturated carbocycles. The summed E-state index contributed by atoms with van der Waals surface area (Å²) in [5.41, 5.74) is 4.30. The van der Waals surface area contributed by atoms with Crippen LogP contribution in [0.15, 0.2) is 54.7 Å². The summed E-state index contributed by atoms with van der Waals surface area (Å²) in [6.45, 7) is 3.67. The van der Waals surface area contributed by atoms with Crippen molar-refractivity contribution >= 4 is 16.8 Å². The number of amides is 1. The van der Waals surface area contributed by atoms with Gasteiger partial charge in [-0.1, -0.05) is 31.2 Å². The largest absolute Gasteiger partial charge is 0.491 e. The van der Waals surface area contributed by atoms with E-state index in [4.69, 9.17) is 4.74 Å². The Morgan fingerprint density at radius 2 is 2.12 bits per heavy atom. The smallest absolute Gasteiger partial charge is 0.222 e. The monoisotopic (exact) mass is 332 g/mol. The molecule has 1 aromatic heterocycles. The van der Waals surface area contributed by atoms with Gasteiger partial charge in [-0.15, -0.1) is 0 Å². The lowest BCUT2D eigenvalue weighted by Crippen LogP contribution is -2.31. The fourth-order valence-corrected chi connectivity index (χ4v) is 3.35. The van der Waals surface area contributed by atoms with Crippen molar-refractivity contribution in [3.63, 3.8) is 0 Å². The van der Waals surface area contributed by atoms with Gasteiger partial charge in [0.1, 0.15) is 12.4 Å². The van der Waals surface area contributed by atoms with Gasteiger partial charge in [-0.3, -0.25) is 9.78 Å². The quantitative estimate of drug-likeness (QED) is 0.711. The molecule has 0 N–H and O–H groups in total. The maximum absolute atomic E-state index is 12.1. The first-order valence-electron chi connectivity index (χ1n) is 8.64.